The van der Waals surface area contributed by atoms with Gasteiger partial charge in [-0.3, -0.25) is 10.1 Å². The fraction of sp³-hybridized carbons (Fsp3) is 0.421. The highest BCUT2D eigenvalue weighted by atomic mass is 19.4. The maximum Gasteiger partial charge on any atom is 0.417 e. The van der Waals surface area contributed by atoms with E-state index in [0.717, 1.165) is 30.7 Å². The molecule has 2 aromatic rings. The van der Waals surface area contributed by atoms with E-state index in [0.29, 0.717) is 31.1 Å². The Bertz CT molecular complexity index is 850. The molecule has 1 saturated heterocycles. The van der Waals surface area contributed by atoms with Crippen molar-refractivity contribution in [3.63, 3.8) is 0 Å². The molecule has 10 heteroatoms. The Morgan fingerprint density at radius 3 is 2.52 bits per heavy atom. The van der Waals surface area contributed by atoms with E-state index in [9.17, 15) is 23.3 Å². The molecule has 1 aromatic carbocycles. The monoisotopic (exact) mass is 409 g/mol. The predicted molar refractivity (Wildman–Crippen MR) is 104 cm³/mol. The van der Waals surface area contributed by atoms with Crippen LogP contribution in [0.15, 0.2) is 36.5 Å². The summed E-state index contributed by atoms with van der Waals surface area (Å²) in [6, 6.07) is 7.76. The topological polar surface area (TPSA) is 83.3 Å². The number of halogens is 3. The number of hydrogen-bond donors (Lipinski definition) is 2. The minimum absolute atomic E-state index is 0.0370. The van der Waals surface area contributed by atoms with E-state index in [4.69, 9.17) is 0 Å². The SMILES string of the molecule is CNc1ccc(CNC2CCN(c3ccc(C(F)(F)F)cn3)CC2)cc1[N+](=O)[O-]. The first-order valence-electron chi connectivity index (χ1n) is 9.24. The summed E-state index contributed by atoms with van der Waals surface area (Å²) in [5.41, 5.74) is 0.574. The molecule has 1 aromatic heterocycles. The van der Waals surface area contributed by atoms with Gasteiger partial charge in [0.1, 0.15) is 11.5 Å². The third-order valence-electron chi connectivity index (χ3n) is 5.02. The van der Waals surface area contributed by atoms with Crippen LogP contribution >= 0.6 is 0 Å². The number of rotatable bonds is 6. The van der Waals surface area contributed by atoms with E-state index < -0.39 is 16.7 Å². The standard InChI is InChI=1S/C19H22F3N5O2/c1-23-16-4-2-13(10-17(16)27(28)29)11-24-15-6-8-26(9-7-15)18-5-3-14(12-25-18)19(20,21)22/h2-5,10,12,15,23-24H,6-9,11H2,1H3. The summed E-state index contributed by atoms with van der Waals surface area (Å²) < 4.78 is 37.9. The third kappa shape index (κ3) is 5.14. The number of nitro benzene ring substituents is 1. The summed E-state index contributed by atoms with van der Waals surface area (Å²) in [6.45, 7) is 1.86. The number of alkyl halides is 3. The zero-order valence-electron chi connectivity index (χ0n) is 15.9. The molecule has 0 saturated carbocycles. The van der Waals surface area contributed by atoms with E-state index in [1.54, 1.807) is 19.2 Å². The minimum atomic E-state index is -4.39. The normalized spacial score (nSPS) is 15.4. The van der Waals surface area contributed by atoms with Crippen LogP contribution in [-0.4, -0.2) is 36.1 Å². The van der Waals surface area contributed by atoms with E-state index in [2.05, 4.69) is 15.6 Å². The molecule has 156 valence electrons. The Hall–Kier alpha value is -2.88. The molecule has 29 heavy (non-hydrogen) atoms. The lowest BCUT2D eigenvalue weighted by molar-refractivity contribution is -0.384. The number of anilines is 2. The fourth-order valence-corrected chi connectivity index (χ4v) is 3.37. The van der Waals surface area contributed by atoms with Crippen molar-refractivity contribution < 1.29 is 18.1 Å². The summed E-state index contributed by atoms with van der Waals surface area (Å²) in [4.78, 5) is 16.7. The van der Waals surface area contributed by atoms with E-state index in [1.807, 2.05) is 11.0 Å². The first kappa shape index (κ1) is 20.8. The maximum absolute atomic E-state index is 12.6. The zero-order chi connectivity index (χ0) is 21.0. The first-order valence-corrected chi connectivity index (χ1v) is 9.24. The highest BCUT2D eigenvalue weighted by Crippen LogP contribution is 2.30. The van der Waals surface area contributed by atoms with Crippen molar-refractivity contribution in [1.29, 1.82) is 0 Å². The zero-order valence-corrected chi connectivity index (χ0v) is 15.9. The van der Waals surface area contributed by atoms with Gasteiger partial charge in [-0.2, -0.15) is 13.2 Å². The molecule has 3 rings (SSSR count). The Balaban J connectivity index is 1.53. The van der Waals surface area contributed by atoms with Crippen molar-refractivity contribution in [2.24, 2.45) is 0 Å². The largest absolute Gasteiger partial charge is 0.417 e. The smallest absolute Gasteiger partial charge is 0.383 e. The van der Waals surface area contributed by atoms with E-state index in [1.165, 1.54) is 6.07 Å². The molecular formula is C19H22F3N5O2. The molecule has 0 bridgehead atoms. The van der Waals surface area contributed by atoms with Gasteiger partial charge in [0.2, 0.25) is 0 Å². The number of aromatic nitrogens is 1. The van der Waals surface area contributed by atoms with Crippen LogP contribution < -0.4 is 15.5 Å². The summed E-state index contributed by atoms with van der Waals surface area (Å²) in [6.07, 6.45) is -1.91. The van der Waals surface area contributed by atoms with Crippen LogP contribution in [0.25, 0.3) is 0 Å². The summed E-state index contributed by atoms with van der Waals surface area (Å²) >= 11 is 0. The van der Waals surface area contributed by atoms with Gasteiger partial charge in [0, 0.05) is 45.0 Å². The van der Waals surface area contributed by atoms with Crippen molar-refractivity contribution >= 4 is 17.2 Å². The van der Waals surface area contributed by atoms with Gasteiger partial charge in [-0.05, 0) is 36.6 Å². The second kappa shape index (κ2) is 8.64. The van der Waals surface area contributed by atoms with Crippen molar-refractivity contribution in [2.45, 2.75) is 31.6 Å². The number of nitrogens with one attached hydrogen (secondary N) is 2. The van der Waals surface area contributed by atoms with Crippen molar-refractivity contribution in [2.75, 3.05) is 30.4 Å². The Morgan fingerprint density at radius 1 is 1.24 bits per heavy atom. The molecule has 1 aliphatic heterocycles. The molecule has 0 amide bonds. The third-order valence-corrected chi connectivity index (χ3v) is 5.02. The minimum Gasteiger partial charge on any atom is -0.383 e. The van der Waals surface area contributed by atoms with Crippen LogP contribution in [0.5, 0.6) is 0 Å². The average Bonchev–Trinajstić information content (AvgIpc) is 2.72. The predicted octanol–water partition coefficient (Wildman–Crippen LogP) is 3.81. The molecule has 0 radical (unpaired) electrons. The number of piperidine rings is 1. The van der Waals surface area contributed by atoms with Crippen LogP contribution in [0.2, 0.25) is 0 Å². The lowest BCUT2D eigenvalue weighted by atomic mass is 10.0. The Morgan fingerprint density at radius 2 is 1.97 bits per heavy atom. The molecule has 0 unspecified atom stereocenters. The number of nitrogens with zero attached hydrogens (tertiary/aromatic N) is 3. The number of hydrogen-bond acceptors (Lipinski definition) is 6. The molecule has 1 fully saturated rings. The molecule has 0 aliphatic carbocycles. The molecule has 0 spiro atoms. The quantitative estimate of drug-likeness (QED) is 0.558. The van der Waals surface area contributed by atoms with Gasteiger partial charge in [-0.25, -0.2) is 4.98 Å². The lowest BCUT2D eigenvalue weighted by Gasteiger charge is -2.33. The van der Waals surface area contributed by atoms with Crippen molar-refractivity contribution in [3.8, 4) is 0 Å². The lowest BCUT2D eigenvalue weighted by Crippen LogP contribution is -2.42. The van der Waals surface area contributed by atoms with Gasteiger partial charge in [0.15, 0.2) is 0 Å². The van der Waals surface area contributed by atoms with Gasteiger partial charge >= 0.3 is 6.18 Å². The van der Waals surface area contributed by atoms with Gasteiger partial charge < -0.3 is 15.5 Å². The van der Waals surface area contributed by atoms with Crippen LogP contribution in [0.4, 0.5) is 30.4 Å². The molecular weight excluding hydrogens is 387 g/mol. The molecule has 2 heterocycles. The Kier molecular flexibility index (Phi) is 6.21. The molecule has 0 atom stereocenters. The second-order valence-electron chi connectivity index (χ2n) is 6.90. The summed E-state index contributed by atoms with van der Waals surface area (Å²) in [5, 5.41) is 17.4. The first-order chi connectivity index (χ1) is 13.8. The van der Waals surface area contributed by atoms with Gasteiger partial charge in [0.25, 0.3) is 5.69 Å². The fourth-order valence-electron chi connectivity index (χ4n) is 3.37. The van der Waals surface area contributed by atoms with Gasteiger partial charge in [-0.1, -0.05) is 6.07 Å². The van der Waals surface area contributed by atoms with Crippen LogP contribution in [-0.2, 0) is 12.7 Å². The van der Waals surface area contributed by atoms with Crippen LogP contribution in [0, 0.1) is 10.1 Å². The van der Waals surface area contributed by atoms with E-state index >= 15 is 0 Å². The van der Waals surface area contributed by atoms with Crippen molar-refractivity contribution in [3.05, 3.63) is 57.8 Å². The van der Waals surface area contributed by atoms with Gasteiger partial charge in [0.05, 0.1) is 10.5 Å². The average molecular weight is 409 g/mol. The number of pyridine rings is 1. The Labute approximate surface area is 166 Å². The molecule has 2 N–H and O–H groups in total. The maximum atomic E-state index is 12.6. The van der Waals surface area contributed by atoms with Gasteiger partial charge in [-0.15, -0.1) is 0 Å². The van der Waals surface area contributed by atoms with Crippen LogP contribution in [0.3, 0.4) is 0 Å². The number of nitro groups is 1. The molecule has 1 aliphatic rings. The van der Waals surface area contributed by atoms with Crippen LogP contribution in [0.1, 0.15) is 24.0 Å². The highest BCUT2D eigenvalue weighted by Gasteiger charge is 2.31. The summed E-state index contributed by atoms with van der Waals surface area (Å²) in [5.74, 6) is 0.537. The highest BCUT2D eigenvalue weighted by molar-refractivity contribution is 5.62. The summed E-state index contributed by atoms with van der Waals surface area (Å²) in [7, 11) is 1.64. The number of benzene rings is 1. The second-order valence-corrected chi connectivity index (χ2v) is 6.90. The van der Waals surface area contributed by atoms with E-state index in [-0.39, 0.29) is 11.7 Å². The molecule has 7 nitrogen and oxygen atoms in total. The van der Waals surface area contributed by atoms with Crippen molar-refractivity contribution in [1.82, 2.24) is 10.3 Å².